The van der Waals surface area contributed by atoms with E-state index in [1.54, 1.807) is 21.3 Å². The number of ether oxygens (including phenoxy) is 3. The van der Waals surface area contributed by atoms with Crippen molar-refractivity contribution >= 4 is 5.91 Å². The molecule has 2 heterocycles. The van der Waals surface area contributed by atoms with Crippen molar-refractivity contribution in [3.8, 4) is 34.3 Å². The number of aryl methyl sites for hydroxylation is 2. The van der Waals surface area contributed by atoms with E-state index in [1.807, 2.05) is 43.0 Å². The number of rotatable bonds is 8. The second-order valence-electron chi connectivity index (χ2n) is 8.55. The Hall–Kier alpha value is -3.68. The number of phenolic OH excluding ortho intramolecular Hbond substituents is 1. The maximum Gasteiger partial charge on any atom is 0.273 e. The Morgan fingerprint density at radius 1 is 1.06 bits per heavy atom. The fourth-order valence-electron chi connectivity index (χ4n) is 4.71. The van der Waals surface area contributed by atoms with E-state index in [-0.39, 0.29) is 11.7 Å². The highest BCUT2D eigenvalue weighted by molar-refractivity contribution is 6.00. The third kappa shape index (κ3) is 3.73. The van der Waals surface area contributed by atoms with Crippen LogP contribution in [-0.4, -0.2) is 54.0 Å². The molecule has 0 radical (unpaired) electrons. The van der Waals surface area contributed by atoms with Crippen molar-refractivity contribution in [2.24, 2.45) is 0 Å². The minimum atomic E-state index is -0.434. The number of carbonyl (C=O) groups is 1. The molecule has 3 aromatic rings. The number of phenols is 1. The number of hydrogen-bond donors (Lipinski definition) is 2. The second-order valence-corrected chi connectivity index (χ2v) is 8.55. The summed E-state index contributed by atoms with van der Waals surface area (Å²) in [6, 6.07) is 7.11. The van der Waals surface area contributed by atoms with Crippen LogP contribution in [0, 0.1) is 13.8 Å². The van der Waals surface area contributed by atoms with E-state index >= 15 is 0 Å². The summed E-state index contributed by atoms with van der Waals surface area (Å²) in [4.78, 5) is 15.3. The highest BCUT2D eigenvalue weighted by Gasteiger charge is 2.43. The minimum Gasteiger partial charge on any atom is -0.507 e. The third-order valence-electron chi connectivity index (χ3n) is 6.32. The molecule has 0 saturated carbocycles. The van der Waals surface area contributed by atoms with Gasteiger partial charge >= 0.3 is 0 Å². The lowest BCUT2D eigenvalue weighted by molar-refractivity contribution is 0.0741. The molecule has 8 heteroatoms. The van der Waals surface area contributed by atoms with Crippen LogP contribution in [-0.2, 0) is 0 Å². The predicted octanol–water partition coefficient (Wildman–Crippen LogP) is 4.77. The number of unbranched alkanes of at least 4 members (excludes halogenated alkanes) is 1. The van der Waals surface area contributed by atoms with E-state index in [0.717, 1.165) is 35.1 Å². The molecule has 1 amide bonds. The molecule has 2 N–H and O–H groups in total. The zero-order chi connectivity index (χ0) is 24.6. The molecule has 2 aromatic carbocycles. The van der Waals surface area contributed by atoms with Gasteiger partial charge in [0.1, 0.15) is 17.1 Å². The van der Waals surface area contributed by atoms with Crippen LogP contribution < -0.4 is 14.2 Å². The normalized spacial score (nSPS) is 14.9. The Morgan fingerprint density at radius 2 is 1.74 bits per heavy atom. The zero-order valence-corrected chi connectivity index (χ0v) is 20.5. The van der Waals surface area contributed by atoms with Gasteiger partial charge in [-0.25, -0.2) is 0 Å². The number of methoxy groups -OCH3 is 3. The van der Waals surface area contributed by atoms with E-state index < -0.39 is 6.04 Å². The fraction of sp³-hybridized carbons (Fsp3) is 0.385. The van der Waals surface area contributed by atoms with Crippen LogP contribution in [0.4, 0.5) is 0 Å². The molecule has 0 spiro atoms. The molecule has 0 aliphatic carbocycles. The van der Waals surface area contributed by atoms with Crippen molar-refractivity contribution < 1.29 is 24.1 Å². The first kappa shape index (κ1) is 23.5. The number of hydrogen-bond acceptors (Lipinski definition) is 6. The second kappa shape index (κ2) is 9.29. The first-order valence-electron chi connectivity index (χ1n) is 11.4. The fourth-order valence-corrected chi connectivity index (χ4v) is 4.71. The lowest BCUT2D eigenvalue weighted by atomic mass is 9.93. The SMILES string of the molecule is CCCCN1C(=O)c2[nH]nc(-c3cc(C)cc(C)c3O)c2C1c1cc(OC)c(OC)c(OC)c1. The van der Waals surface area contributed by atoms with Crippen LogP contribution in [0.1, 0.15) is 58.5 Å². The maximum absolute atomic E-state index is 13.5. The number of H-pyrrole nitrogens is 1. The lowest BCUT2D eigenvalue weighted by Gasteiger charge is -2.27. The van der Waals surface area contributed by atoms with E-state index in [1.165, 1.54) is 0 Å². The molecular formula is C26H31N3O5. The summed E-state index contributed by atoms with van der Waals surface area (Å²) in [6.07, 6.45) is 1.80. The smallest absolute Gasteiger partial charge is 0.273 e. The standard InChI is InChI=1S/C26H31N3O5/c1-7-8-9-29-23(16-12-18(32-4)25(34-6)19(13-16)33-5)20-21(27-28-22(20)26(29)31)17-11-14(2)10-15(3)24(17)30/h10-13,23,30H,7-9H2,1-6H3,(H,27,28). The van der Waals surface area contributed by atoms with Gasteiger partial charge in [-0.1, -0.05) is 19.4 Å². The number of carbonyl (C=O) groups excluding carboxylic acids is 1. The van der Waals surface area contributed by atoms with E-state index in [4.69, 9.17) is 14.2 Å². The number of nitrogens with one attached hydrogen (secondary N) is 1. The molecule has 4 rings (SSSR count). The number of benzene rings is 2. The van der Waals surface area contributed by atoms with Crippen LogP contribution in [0.2, 0.25) is 0 Å². The summed E-state index contributed by atoms with van der Waals surface area (Å²) in [5.74, 6) is 1.53. The van der Waals surface area contributed by atoms with Gasteiger partial charge in [-0.2, -0.15) is 5.10 Å². The van der Waals surface area contributed by atoms with Crippen molar-refractivity contribution in [2.45, 2.75) is 39.7 Å². The average molecular weight is 466 g/mol. The largest absolute Gasteiger partial charge is 0.507 e. The van der Waals surface area contributed by atoms with Crippen molar-refractivity contribution in [1.29, 1.82) is 0 Å². The number of amides is 1. The summed E-state index contributed by atoms with van der Waals surface area (Å²) < 4.78 is 16.7. The molecule has 1 unspecified atom stereocenters. The Labute approximate surface area is 199 Å². The van der Waals surface area contributed by atoms with Crippen molar-refractivity contribution in [3.63, 3.8) is 0 Å². The Bertz CT molecular complexity index is 1210. The Balaban J connectivity index is 1.97. The van der Waals surface area contributed by atoms with Crippen molar-refractivity contribution in [1.82, 2.24) is 15.1 Å². The van der Waals surface area contributed by atoms with Gasteiger partial charge in [0.05, 0.1) is 27.4 Å². The molecule has 0 fully saturated rings. The molecule has 1 atom stereocenters. The van der Waals surface area contributed by atoms with Crippen LogP contribution in [0.25, 0.3) is 11.3 Å². The van der Waals surface area contributed by atoms with Gasteiger partial charge in [-0.3, -0.25) is 9.89 Å². The number of aromatic amines is 1. The zero-order valence-electron chi connectivity index (χ0n) is 20.5. The Morgan fingerprint density at radius 3 is 2.32 bits per heavy atom. The van der Waals surface area contributed by atoms with Crippen LogP contribution in [0.5, 0.6) is 23.0 Å². The van der Waals surface area contributed by atoms with E-state index in [9.17, 15) is 9.90 Å². The first-order valence-corrected chi connectivity index (χ1v) is 11.4. The molecule has 1 aliphatic rings. The quantitative estimate of drug-likeness (QED) is 0.497. The molecule has 180 valence electrons. The van der Waals surface area contributed by atoms with Gasteiger partial charge in [-0.15, -0.1) is 0 Å². The summed E-state index contributed by atoms with van der Waals surface area (Å²) in [6.45, 7) is 6.50. The number of aromatic nitrogens is 2. The van der Waals surface area contributed by atoms with E-state index in [2.05, 4.69) is 17.1 Å². The van der Waals surface area contributed by atoms with Crippen molar-refractivity contribution in [2.75, 3.05) is 27.9 Å². The highest BCUT2D eigenvalue weighted by atomic mass is 16.5. The van der Waals surface area contributed by atoms with Gasteiger partial charge in [0.25, 0.3) is 5.91 Å². The molecule has 8 nitrogen and oxygen atoms in total. The van der Waals surface area contributed by atoms with E-state index in [0.29, 0.717) is 40.7 Å². The average Bonchev–Trinajstić information content (AvgIpc) is 3.37. The molecule has 1 aliphatic heterocycles. The highest BCUT2D eigenvalue weighted by Crippen LogP contribution is 2.48. The number of aromatic hydroxyl groups is 1. The summed E-state index contributed by atoms with van der Waals surface area (Å²) in [7, 11) is 4.69. The summed E-state index contributed by atoms with van der Waals surface area (Å²) >= 11 is 0. The number of nitrogens with zero attached hydrogens (tertiary/aromatic N) is 2. The minimum absolute atomic E-state index is 0.121. The van der Waals surface area contributed by atoms with Gasteiger partial charge < -0.3 is 24.2 Å². The van der Waals surface area contributed by atoms with Gasteiger partial charge in [0.2, 0.25) is 5.75 Å². The molecule has 34 heavy (non-hydrogen) atoms. The molecule has 1 aromatic heterocycles. The van der Waals surface area contributed by atoms with Crippen LogP contribution >= 0.6 is 0 Å². The maximum atomic E-state index is 13.5. The van der Waals surface area contributed by atoms with Gasteiger partial charge in [0, 0.05) is 17.7 Å². The first-order chi connectivity index (χ1) is 16.4. The van der Waals surface area contributed by atoms with Crippen LogP contribution in [0.3, 0.4) is 0 Å². The Kier molecular flexibility index (Phi) is 6.41. The summed E-state index contributed by atoms with van der Waals surface area (Å²) in [5, 5.41) is 18.3. The van der Waals surface area contributed by atoms with Gasteiger partial charge in [0.15, 0.2) is 11.5 Å². The topological polar surface area (TPSA) is 96.9 Å². The van der Waals surface area contributed by atoms with Crippen LogP contribution in [0.15, 0.2) is 24.3 Å². The monoisotopic (exact) mass is 465 g/mol. The summed E-state index contributed by atoms with van der Waals surface area (Å²) in [5.41, 5.74) is 4.88. The predicted molar refractivity (Wildman–Crippen MR) is 129 cm³/mol. The molecule has 0 saturated heterocycles. The molecule has 0 bridgehead atoms. The lowest BCUT2D eigenvalue weighted by Crippen LogP contribution is -2.30. The molecular weight excluding hydrogens is 434 g/mol. The van der Waals surface area contributed by atoms with Gasteiger partial charge in [-0.05, 0) is 55.2 Å². The number of fused-ring (bicyclic) bond motifs is 1. The van der Waals surface area contributed by atoms with Crippen molar-refractivity contribution in [3.05, 3.63) is 52.2 Å². The third-order valence-corrected chi connectivity index (χ3v) is 6.32.